The number of nitrogens with two attached hydrogens (primary N) is 2. The van der Waals surface area contributed by atoms with E-state index in [0.717, 1.165) is 23.6 Å². The van der Waals surface area contributed by atoms with Crippen LogP contribution in [0.25, 0.3) is 39.1 Å². The van der Waals surface area contributed by atoms with Gasteiger partial charge in [-0.05, 0) is 104 Å². The number of benzene rings is 3. The van der Waals surface area contributed by atoms with Crippen LogP contribution < -0.4 is 43.7 Å². The van der Waals surface area contributed by atoms with Crippen LogP contribution in [0.1, 0.15) is 93.4 Å². The van der Waals surface area contributed by atoms with Crippen LogP contribution in [0.2, 0.25) is 0 Å². The third-order valence-electron chi connectivity index (χ3n) is 13.5. The minimum Gasteiger partial charge on any atom is -0.478 e. The van der Waals surface area contributed by atoms with Crippen LogP contribution in [0.3, 0.4) is 0 Å². The third kappa shape index (κ3) is 33.6. The highest BCUT2D eigenvalue weighted by Gasteiger charge is 2.44. The van der Waals surface area contributed by atoms with Gasteiger partial charge < -0.3 is 79.2 Å². The number of nitrogens with zero attached hydrogens (tertiary/aromatic N) is 1. The van der Waals surface area contributed by atoms with E-state index in [0.29, 0.717) is 133 Å². The number of anilines is 1. The van der Waals surface area contributed by atoms with Crippen LogP contribution in [0.15, 0.2) is 81.4 Å². The zero-order valence-electron chi connectivity index (χ0n) is 54.8. The Morgan fingerprint density at radius 1 is 0.853 bits per heavy atom. The summed E-state index contributed by atoms with van der Waals surface area (Å²) in [5.74, 6) is 5.37. The van der Waals surface area contributed by atoms with Gasteiger partial charge in [-0.2, -0.15) is 8.62 Å². The van der Waals surface area contributed by atoms with Gasteiger partial charge in [0.1, 0.15) is 35.2 Å². The molecular formula is C57H77N7O29P3S6+. The molecule has 1 saturated heterocycles. The van der Waals surface area contributed by atoms with Crippen LogP contribution in [-0.4, -0.2) is 178 Å². The van der Waals surface area contributed by atoms with Gasteiger partial charge in [0, 0.05) is 90.1 Å². The standard InChI is InChI=1S/C57H76N7O23P3S4.2O3S/c1-5-94(91)36-82-48-32-50(85-49(48)34-83-89(74,75)87-90(76,77)86-88(71,72)73)64-33-39(53(66)63-56(64)70)11-9-21-62-55(69)61-20-7-6-8-23-80-35-92-93-57(3,4)19-25-81-51(65)12-10-24-78-27-28-79-26-22-60-37(2)38-13-16-42(54(67)68)45(29-38)52-43-17-14-40(58)30-46(43)84-47-31-41(59)15-18-44(47)52;2*1-4(2)3/h13-18,29-31,33,48-50,58,60H,2,5-8,10,12,19-28,32,34-36,59H2,1,3-4H3,(H,67,68)(H,74,75)(H,76,77)(H2,61,62,69)(H,63,66,70)(H2,71,72,73);;/p+1/t48?,49-,50-,94?;;/m1../s1. The lowest BCUT2D eigenvalue weighted by Crippen LogP contribution is -2.44. The fourth-order valence-electron chi connectivity index (χ4n) is 8.89. The molecule has 36 nitrogen and oxygen atoms in total. The smallest absolute Gasteiger partial charge is 0.478 e. The molecule has 4 unspecified atom stereocenters. The van der Waals surface area contributed by atoms with Gasteiger partial charge in [0.2, 0.25) is 0 Å². The van der Waals surface area contributed by atoms with Gasteiger partial charge in [-0.25, -0.2) is 28.1 Å². The Balaban J connectivity index is 0.00000261. The maximum atomic E-state index is 12.9. The maximum Gasteiger partial charge on any atom is 0.490 e. The first-order valence-electron chi connectivity index (χ1n) is 30.1. The molecule has 0 bridgehead atoms. The normalized spacial score (nSPS) is 15.7. The second-order valence-corrected chi connectivity index (χ2v) is 32.9. The van der Waals surface area contributed by atoms with Crippen LogP contribution >= 0.6 is 45.1 Å². The Bertz CT molecular complexity index is 4300. The molecule has 3 aliphatic rings. The van der Waals surface area contributed by atoms with Gasteiger partial charge in [-0.1, -0.05) is 62.5 Å². The monoisotopic (exact) mass is 1610 g/mol. The van der Waals surface area contributed by atoms with Gasteiger partial charge in [0.25, 0.3) is 5.56 Å². The fourth-order valence-corrected chi connectivity index (χ4v) is 14.9. The first-order valence-corrected chi connectivity index (χ1v) is 41.5. The number of unbranched alkanes of at least 4 members (excludes halogenated alkanes) is 2. The number of urea groups is 1. The van der Waals surface area contributed by atoms with Gasteiger partial charge in [0.15, 0.2) is 5.36 Å². The number of carboxylic acids is 1. The van der Waals surface area contributed by atoms with Crippen molar-refractivity contribution in [3.8, 4) is 34.3 Å². The molecule has 102 heavy (non-hydrogen) atoms. The second-order valence-electron chi connectivity index (χ2n) is 21.6. The summed E-state index contributed by atoms with van der Waals surface area (Å²) in [6.07, 6.45) is 1.18. The summed E-state index contributed by atoms with van der Waals surface area (Å²) in [6.45, 7) is 12.1. The molecule has 6 atom stereocenters. The summed E-state index contributed by atoms with van der Waals surface area (Å²) in [5.41, 5.74) is 8.29. The Hall–Kier alpha value is -6.36. The van der Waals surface area contributed by atoms with Gasteiger partial charge in [-0.15, -0.1) is 25.3 Å². The number of carbonyl (C=O) groups is 3. The molecule has 0 saturated carbocycles. The number of ether oxygens (including phenoxy) is 6. The van der Waals surface area contributed by atoms with E-state index in [4.69, 9.17) is 94.7 Å². The lowest BCUT2D eigenvalue weighted by atomic mass is 9.89. The van der Waals surface area contributed by atoms with Crippen molar-refractivity contribution in [1.29, 1.82) is 0 Å². The predicted octanol–water partition coefficient (Wildman–Crippen LogP) is 3.02. The molecule has 1 aliphatic carbocycles. The van der Waals surface area contributed by atoms with Crippen molar-refractivity contribution in [3.05, 3.63) is 110 Å². The quantitative estimate of drug-likeness (QED) is 0.00392. The molecule has 0 radical (unpaired) electrons. The fraction of sp³-hybridized carbons (Fsp3) is 0.474. The number of phosphoric ester groups is 1. The highest BCUT2D eigenvalue weighted by atomic mass is 33.1. The number of aromatic carboxylic acids is 1. The van der Waals surface area contributed by atoms with E-state index in [1.54, 1.807) is 76.2 Å². The number of aromatic nitrogens is 2. The molecule has 2 aromatic carbocycles. The summed E-state index contributed by atoms with van der Waals surface area (Å²) in [7, 11) is -20.6. The van der Waals surface area contributed by atoms with Gasteiger partial charge in [0.05, 0.1) is 63.3 Å². The second kappa shape index (κ2) is 43.8. The van der Waals surface area contributed by atoms with E-state index in [-0.39, 0.29) is 53.8 Å². The van der Waals surface area contributed by atoms with Gasteiger partial charge >= 0.3 is 68.3 Å². The van der Waals surface area contributed by atoms with E-state index in [1.807, 2.05) is 6.92 Å². The lowest BCUT2D eigenvalue weighted by Gasteiger charge is -2.22. The van der Waals surface area contributed by atoms with Crippen LogP contribution in [0.5, 0.6) is 0 Å². The van der Waals surface area contributed by atoms with E-state index in [9.17, 15) is 52.6 Å². The molecule has 13 N–H and O–H groups in total. The summed E-state index contributed by atoms with van der Waals surface area (Å²) >= 11 is 5.32. The number of carboxylic acid groups (broad SMARTS) is 1. The molecular weight excluding hydrogens is 1530 g/mol. The average molecular weight is 1610 g/mol. The molecule has 564 valence electrons. The Labute approximate surface area is 601 Å². The number of rotatable bonds is 40. The van der Waals surface area contributed by atoms with Gasteiger partial charge in [-0.3, -0.25) is 29.1 Å². The third-order valence-corrected chi connectivity index (χ3v) is 22.3. The SMILES string of the molecule is C=C(NCCOCCOCCCC(=O)OCCC(C)(C)SSCOCCCCCNC(=O)NCC#Cc1cn([C@H]2CC(OCS(=S)CC)[C@@H](COP(=O)(O)OP(=O)(O)OP(=O)(O)O)O2)c(=O)[nH]c1=O)c1ccc(C(=O)O)c(-c2c3ccc(=[NH2+])cc-3oc3cc(N)ccc23)c1.O=S(=O)=O.O=S(=O)=O. The van der Waals surface area contributed by atoms with Crippen molar-refractivity contribution in [2.24, 2.45) is 0 Å². The number of phosphoric acid groups is 3. The van der Waals surface area contributed by atoms with Crippen LogP contribution in [0, 0.1) is 11.8 Å². The molecule has 3 heterocycles. The number of hydrogen-bond acceptors (Lipinski definition) is 29. The molecule has 2 aliphatic heterocycles. The van der Waals surface area contributed by atoms with Crippen molar-refractivity contribution < 1.29 is 129 Å². The van der Waals surface area contributed by atoms with Crippen molar-refractivity contribution in [2.45, 2.75) is 88.9 Å². The highest BCUT2D eigenvalue weighted by molar-refractivity contribution is 8.77. The number of carbonyl (C=O) groups excluding carboxylic acids is 2. The molecule has 45 heteroatoms. The number of aromatic amines is 1. The summed E-state index contributed by atoms with van der Waals surface area (Å²) in [6, 6.07) is 15.0. The van der Waals surface area contributed by atoms with E-state index >= 15 is 0 Å². The molecule has 6 rings (SSSR count). The van der Waals surface area contributed by atoms with Crippen LogP contribution in [-0.2, 0) is 102 Å². The topological polar surface area (TPSA) is 545 Å². The molecule has 2 amide bonds. The Morgan fingerprint density at radius 3 is 2.24 bits per heavy atom. The van der Waals surface area contributed by atoms with E-state index in [2.05, 4.69) is 61.8 Å². The van der Waals surface area contributed by atoms with Crippen molar-refractivity contribution in [2.75, 3.05) is 89.2 Å². The number of hydrogen-bond donors (Lipinski definition) is 11. The maximum absolute atomic E-state index is 12.9. The molecule has 1 aromatic heterocycles. The number of fused-ring (bicyclic) bond motifs is 2. The molecule has 3 aromatic rings. The minimum absolute atomic E-state index is 0.0320. The zero-order valence-corrected chi connectivity index (χ0v) is 62.4. The summed E-state index contributed by atoms with van der Waals surface area (Å²) in [4.78, 5) is 102. The number of amides is 2. The molecule has 0 spiro atoms. The Kier molecular flexibility index (Phi) is 37.8. The first-order chi connectivity index (χ1) is 48.0. The van der Waals surface area contributed by atoms with Crippen molar-refractivity contribution in [1.82, 2.24) is 25.5 Å². The van der Waals surface area contributed by atoms with E-state index in [1.165, 1.54) is 0 Å². The number of esters is 1. The average Bonchev–Trinajstić information content (AvgIpc) is 0.884. The highest BCUT2D eigenvalue weighted by Crippen LogP contribution is 2.66. The largest absolute Gasteiger partial charge is 0.490 e. The number of nitrogen functional groups attached to an aromatic ring is 1. The summed E-state index contributed by atoms with van der Waals surface area (Å²) in [5, 5.41) is 26.0. The van der Waals surface area contributed by atoms with E-state index < -0.39 is 102 Å². The molecule has 1 fully saturated rings. The van der Waals surface area contributed by atoms with Crippen molar-refractivity contribution >= 4 is 127 Å². The minimum atomic E-state index is -5.80. The zero-order chi connectivity index (χ0) is 75.8. The van der Waals surface area contributed by atoms with Crippen molar-refractivity contribution in [3.63, 3.8) is 0 Å². The Morgan fingerprint density at radius 2 is 1.55 bits per heavy atom. The number of H-pyrrole nitrogens is 1. The lowest BCUT2D eigenvalue weighted by molar-refractivity contribution is -0.172. The summed E-state index contributed by atoms with van der Waals surface area (Å²) < 4.78 is 139. The predicted molar refractivity (Wildman–Crippen MR) is 374 cm³/mol. The van der Waals surface area contributed by atoms with Crippen LogP contribution in [0.4, 0.5) is 10.5 Å². The number of nitrogens with one attached hydrogen (secondary N) is 4. The first kappa shape index (κ1) is 88.0.